The van der Waals surface area contributed by atoms with Gasteiger partial charge in [0.2, 0.25) is 35.2 Å². The lowest BCUT2D eigenvalue weighted by Gasteiger charge is -2.28. The van der Waals surface area contributed by atoms with Crippen molar-refractivity contribution in [2.24, 2.45) is 20.0 Å². The summed E-state index contributed by atoms with van der Waals surface area (Å²) in [5.74, 6) is -4.25. The maximum absolute atomic E-state index is 13.8. The Kier molecular flexibility index (Phi) is 10.3. The first-order valence-corrected chi connectivity index (χ1v) is 16.8. The number of nitrogens with one attached hydrogen (secondary N) is 2. The predicted octanol–water partition coefficient (Wildman–Crippen LogP) is -0.822. The summed E-state index contributed by atoms with van der Waals surface area (Å²) in [6, 6.07) is -0.841. The normalized spacial score (nSPS) is 17.3. The quantitative estimate of drug-likeness (QED) is 0.163. The van der Waals surface area contributed by atoms with Crippen LogP contribution in [-0.4, -0.2) is 126 Å². The van der Waals surface area contributed by atoms with Gasteiger partial charge in [-0.05, 0) is 18.8 Å². The second-order valence-electron chi connectivity index (χ2n) is 13.1. The molecule has 4 aromatic rings. The molecule has 2 fully saturated rings. The summed E-state index contributed by atoms with van der Waals surface area (Å²) in [5, 5.41) is 32.9. The summed E-state index contributed by atoms with van der Waals surface area (Å²) in [6.45, 7) is 1.38. The molecule has 4 amide bonds. The Hall–Kier alpha value is -6.74. The Morgan fingerprint density at radius 1 is 0.833 bits per heavy atom. The Labute approximate surface area is 305 Å². The molecule has 0 aliphatic carbocycles. The number of hydrogen-bond donors (Lipinski definition) is 4. The predicted molar refractivity (Wildman–Crippen MR) is 187 cm³/mol. The third-order valence-corrected chi connectivity index (χ3v) is 9.26. The van der Waals surface area contributed by atoms with E-state index in [1.807, 2.05) is 0 Å². The van der Waals surface area contributed by atoms with Crippen LogP contribution >= 0.6 is 0 Å². The largest absolute Gasteiger partial charge is 0.501 e. The number of aromatic nitrogens is 6. The second-order valence-corrected chi connectivity index (χ2v) is 13.1. The number of hydrogen-bond acceptors (Lipinski definition) is 16. The Morgan fingerprint density at radius 3 is 1.93 bits per heavy atom. The zero-order chi connectivity index (χ0) is 38.8. The van der Waals surface area contributed by atoms with Gasteiger partial charge in [0.1, 0.15) is 29.9 Å². The fourth-order valence-corrected chi connectivity index (χ4v) is 6.49. The van der Waals surface area contributed by atoms with E-state index < -0.39 is 51.9 Å². The van der Waals surface area contributed by atoms with Crippen molar-refractivity contribution in [3.63, 3.8) is 0 Å². The first-order chi connectivity index (χ1) is 25.7. The van der Waals surface area contributed by atoms with Gasteiger partial charge >= 0.3 is 0 Å². The molecule has 1 unspecified atom stereocenters. The van der Waals surface area contributed by atoms with Gasteiger partial charge in [-0.25, -0.2) is 9.97 Å². The van der Waals surface area contributed by atoms with Crippen LogP contribution in [0, 0.1) is 5.92 Å². The number of anilines is 4. The van der Waals surface area contributed by atoms with E-state index in [0.29, 0.717) is 19.5 Å². The van der Waals surface area contributed by atoms with Crippen LogP contribution in [0.4, 0.5) is 23.3 Å². The molecule has 4 N–H and O–H groups in total. The molecule has 22 heteroatoms. The van der Waals surface area contributed by atoms with E-state index in [2.05, 4.69) is 30.9 Å². The number of aromatic hydroxyl groups is 2. The Morgan fingerprint density at radius 2 is 1.39 bits per heavy atom. The van der Waals surface area contributed by atoms with E-state index in [4.69, 9.17) is 9.05 Å². The minimum atomic E-state index is -0.913. The smallest absolute Gasteiger partial charge is 0.297 e. The lowest BCUT2D eigenvalue weighted by atomic mass is 10.0. The van der Waals surface area contributed by atoms with E-state index in [-0.39, 0.29) is 73.5 Å². The van der Waals surface area contributed by atoms with Gasteiger partial charge in [-0.15, -0.1) is 0 Å². The number of likely N-dealkylation sites (N-methyl/N-ethyl adjacent to an activating group) is 1. The molecular weight excluding hydrogens is 712 g/mol. The minimum absolute atomic E-state index is 0.0453. The first kappa shape index (κ1) is 37.0. The lowest BCUT2D eigenvalue weighted by molar-refractivity contribution is -0.132. The molecule has 2 atom stereocenters. The van der Waals surface area contributed by atoms with Crippen LogP contribution in [-0.2, 0) is 23.7 Å². The van der Waals surface area contributed by atoms with Gasteiger partial charge in [-0.1, -0.05) is 10.3 Å². The Balaban J connectivity index is 1.18. The molecule has 2 aliphatic rings. The number of nitrogens with zero attached hydrogens (tertiary/aromatic N) is 10. The first-order valence-electron chi connectivity index (χ1n) is 16.8. The zero-order valence-electron chi connectivity index (χ0n) is 29.8. The third kappa shape index (κ3) is 7.29. The molecule has 22 nitrogen and oxygen atoms in total. The van der Waals surface area contributed by atoms with Crippen LogP contribution in [0.5, 0.6) is 11.5 Å². The summed E-state index contributed by atoms with van der Waals surface area (Å²) in [5.41, 5.74) is -2.42. The van der Waals surface area contributed by atoms with E-state index >= 15 is 0 Å². The van der Waals surface area contributed by atoms with Gasteiger partial charge in [0, 0.05) is 67.3 Å². The van der Waals surface area contributed by atoms with Gasteiger partial charge in [0.25, 0.3) is 22.9 Å². The zero-order valence-corrected chi connectivity index (χ0v) is 29.8. The molecule has 0 radical (unpaired) electrons. The number of carbonyl (C=O) groups excluding carboxylic acids is 4. The van der Waals surface area contributed by atoms with Gasteiger partial charge in [-0.3, -0.25) is 37.9 Å². The van der Waals surface area contributed by atoms with Crippen molar-refractivity contribution >= 4 is 46.9 Å². The fraction of sp³-hybridized carbons (Fsp3) is 0.438. The number of carbonyl (C=O) groups is 4. The van der Waals surface area contributed by atoms with E-state index in [1.54, 1.807) is 28.8 Å². The molecule has 6 heterocycles. The SMILES string of the molecule is CN(C)C(=O)[C@H]1CC(CC(=O)N2CCCN(c3nc(C(=O)Nc4cnoc4)c(O)c(=O)n3C)CC2)CN1c1nc(C(=O)Nc2cnoc2)c(O)c(=O)n1C. The van der Waals surface area contributed by atoms with Crippen molar-refractivity contribution in [1.29, 1.82) is 0 Å². The summed E-state index contributed by atoms with van der Waals surface area (Å²) in [6.07, 6.45) is 5.56. The standard InChI is InChI=1S/C32H38N12O10/c1-39(2)28(50)20-10-17(14-44(20)32-38-23(25(47)30(52)41(32)4)27(49)36-19-13-34-54-16-19)11-21(45)42-6-5-7-43(9-8-42)31-37-22(24(46)29(51)40(31)3)26(48)35-18-12-33-53-15-18/h12-13,15-17,20,46-47H,5-11,14H2,1-4H3,(H,35,48)(H,36,49)/t17?,20-/m1/s1. The summed E-state index contributed by atoms with van der Waals surface area (Å²) >= 11 is 0. The molecule has 0 bridgehead atoms. The van der Waals surface area contributed by atoms with Crippen LogP contribution in [0.1, 0.15) is 40.2 Å². The molecule has 4 aromatic heterocycles. The van der Waals surface area contributed by atoms with Crippen LogP contribution in [0.15, 0.2) is 43.6 Å². The summed E-state index contributed by atoms with van der Waals surface area (Å²) in [4.78, 5) is 94.1. The molecule has 54 heavy (non-hydrogen) atoms. The average Bonchev–Trinajstić information content (AvgIpc) is 3.90. The van der Waals surface area contributed by atoms with E-state index in [9.17, 15) is 39.0 Å². The van der Waals surface area contributed by atoms with Gasteiger partial charge < -0.3 is 49.5 Å². The highest BCUT2D eigenvalue weighted by atomic mass is 16.5. The number of amides is 4. The van der Waals surface area contributed by atoms with Crippen molar-refractivity contribution in [3.8, 4) is 11.5 Å². The van der Waals surface area contributed by atoms with Crippen LogP contribution in [0.2, 0.25) is 0 Å². The maximum atomic E-state index is 13.8. The van der Waals surface area contributed by atoms with Crippen molar-refractivity contribution in [3.05, 3.63) is 57.0 Å². The molecule has 6 rings (SSSR count). The van der Waals surface area contributed by atoms with Crippen molar-refractivity contribution in [2.45, 2.75) is 25.3 Å². The van der Waals surface area contributed by atoms with Crippen LogP contribution < -0.4 is 31.6 Å². The molecule has 0 saturated carbocycles. The highest BCUT2D eigenvalue weighted by molar-refractivity contribution is 6.05. The highest BCUT2D eigenvalue weighted by Crippen LogP contribution is 2.32. The molecule has 2 aliphatic heterocycles. The minimum Gasteiger partial charge on any atom is -0.501 e. The van der Waals surface area contributed by atoms with E-state index in [1.165, 1.54) is 37.7 Å². The molecule has 0 spiro atoms. The van der Waals surface area contributed by atoms with E-state index in [0.717, 1.165) is 15.4 Å². The average molecular weight is 751 g/mol. The fourth-order valence-electron chi connectivity index (χ4n) is 6.49. The van der Waals surface area contributed by atoms with Crippen molar-refractivity contribution in [2.75, 3.05) is 67.3 Å². The summed E-state index contributed by atoms with van der Waals surface area (Å²) < 4.78 is 11.6. The van der Waals surface area contributed by atoms with Crippen molar-refractivity contribution in [1.82, 2.24) is 39.2 Å². The number of rotatable bonds is 9. The third-order valence-electron chi connectivity index (χ3n) is 9.26. The summed E-state index contributed by atoms with van der Waals surface area (Å²) in [7, 11) is 5.93. The monoisotopic (exact) mass is 750 g/mol. The van der Waals surface area contributed by atoms with Gasteiger partial charge in [0.15, 0.2) is 11.4 Å². The van der Waals surface area contributed by atoms with Gasteiger partial charge in [0.05, 0.1) is 12.4 Å². The highest BCUT2D eigenvalue weighted by Gasteiger charge is 2.41. The van der Waals surface area contributed by atoms with Gasteiger partial charge in [-0.2, -0.15) is 0 Å². The molecule has 2 saturated heterocycles. The van der Waals surface area contributed by atoms with Crippen LogP contribution in [0.25, 0.3) is 0 Å². The second kappa shape index (κ2) is 15.1. The van der Waals surface area contributed by atoms with Crippen molar-refractivity contribution < 1.29 is 38.4 Å². The Bertz CT molecular complexity index is 2180. The molecule has 286 valence electrons. The maximum Gasteiger partial charge on any atom is 0.297 e. The topological polar surface area (TPSA) is 268 Å². The lowest BCUT2D eigenvalue weighted by Crippen LogP contribution is -2.45. The molecular formula is C32H38N12O10. The molecule has 0 aromatic carbocycles. The van der Waals surface area contributed by atoms with Crippen LogP contribution in [0.3, 0.4) is 0 Å².